The van der Waals surface area contributed by atoms with Gasteiger partial charge in [0.15, 0.2) is 0 Å². The molecule has 60 valence electrons. The molecule has 0 bridgehead atoms. The molecule has 0 saturated heterocycles. The quantitative estimate of drug-likeness (QED) is 0.735. The summed E-state index contributed by atoms with van der Waals surface area (Å²) in [6, 6.07) is 0. The molecule has 2 N–H and O–H groups in total. The Hall–Kier alpha value is -1.23. The van der Waals surface area contributed by atoms with E-state index in [9.17, 15) is 0 Å². The predicted molar refractivity (Wildman–Crippen MR) is 49.4 cm³/mol. The molecule has 0 atom stereocenters. The number of nitrogens with zero attached hydrogens (tertiary/aromatic N) is 3. The first-order chi connectivity index (χ1) is 5.77. The molecule has 0 saturated carbocycles. The second-order valence-corrected chi connectivity index (χ2v) is 3.14. The van der Waals surface area contributed by atoms with Crippen molar-refractivity contribution in [3.05, 3.63) is 23.1 Å². The molecular weight excluding hydrogens is 220 g/mol. The van der Waals surface area contributed by atoms with Gasteiger partial charge in [0.1, 0.15) is 0 Å². The van der Waals surface area contributed by atoms with Gasteiger partial charge in [-0.05, 0) is 15.9 Å². The van der Waals surface area contributed by atoms with Crippen molar-refractivity contribution >= 4 is 32.8 Å². The van der Waals surface area contributed by atoms with Gasteiger partial charge in [0.2, 0.25) is 5.95 Å². The minimum absolute atomic E-state index is 0.273. The van der Waals surface area contributed by atoms with E-state index >= 15 is 0 Å². The van der Waals surface area contributed by atoms with E-state index in [1.165, 1.54) is 0 Å². The van der Waals surface area contributed by atoms with Crippen molar-refractivity contribution in [2.24, 2.45) is 0 Å². The lowest BCUT2D eigenvalue weighted by atomic mass is 10.3. The van der Waals surface area contributed by atoms with Gasteiger partial charge in [-0.25, -0.2) is 9.97 Å². The van der Waals surface area contributed by atoms with Gasteiger partial charge in [-0.2, -0.15) is 0 Å². The Labute approximate surface area is 77.0 Å². The summed E-state index contributed by atoms with van der Waals surface area (Å²) >= 11 is 3.32. The number of halogens is 1. The summed E-state index contributed by atoms with van der Waals surface area (Å²) in [4.78, 5) is 11.9. The molecule has 2 aromatic rings. The molecule has 0 fully saturated rings. The van der Waals surface area contributed by atoms with Crippen LogP contribution in [-0.4, -0.2) is 15.0 Å². The molecule has 12 heavy (non-hydrogen) atoms. The van der Waals surface area contributed by atoms with E-state index in [1.54, 1.807) is 18.6 Å². The molecule has 0 unspecified atom stereocenters. The highest BCUT2D eigenvalue weighted by molar-refractivity contribution is 9.10. The van der Waals surface area contributed by atoms with E-state index in [1.807, 2.05) is 0 Å². The third kappa shape index (κ3) is 1.12. The predicted octanol–water partition coefficient (Wildman–Crippen LogP) is 1.37. The minimum atomic E-state index is 0.273. The Morgan fingerprint density at radius 3 is 2.92 bits per heavy atom. The van der Waals surface area contributed by atoms with E-state index in [2.05, 4.69) is 30.9 Å². The van der Waals surface area contributed by atoms with Gasteiger partial charge in [-0.3, -0.25) is 4.98 Å². The average molecular weight is 225 g/mol. The van der Waals surface area contributed by atoms with Crippen LogP contribution in [0.1, 0.15) is 0 Å². The number of anilines is 1. The average Bonchev–Trinajstić information content (AvgIpc) is 2.07. The van der Waals surface area contributed by atoms with Gasteiger partial charge >= 0.3 is 0 Å². The Bertz CT molecular complexity index is 429. The zero-order valence-electron chi connectivity index (χ0n) is 6.03. The van der Waals surface area contributed by atoms with E-state index in [-0.39, 0.29) is 5.95 Å². The SMILES string of the molecule is Nc1ncc2cncc(Br)c2n1. The zero-order chi connectivity index (χ0) is 8.55. The summed E-state index contributed by atoms with van der Waals surface area (Å²) in [5.41, 5.74) is 6.22. The molecule has 0 aliphatic rings. The normalized spacial score (nSPS) is 10.4. The summed E-state index contributed by atoms with van der Waals surface area (Å²) in [6.45, 7) is 0. The minimum Gasteiger partial charge on any atom is -0.368 e. The van der Waals surface area contributed by atoms with Gasteiger partial charge in [0.25, 0.3) is 0 Å². The van der Waals surface area contributed by atoms with Crippen molar-refractivity contribution in [1.29, 1.82) is 0 Å². The Balaban J connectivity index is 2.88. The first kappa shape index (κ1) is 7.42. The zero-order valence-corrected chi connectivity index (χ0v) is 7.62. The largest absolute Gasteiger partial charge is 0.368 e. The standard InChI is InChI=1S/C7H5BrN4/c8-5-3-10-1-4-2-11-7(9)12-6(4)5/h1-3H,(H2,9,11,12). The fourth-order valence-electron chi connectivity index (χ4n) is 0.935. The molecule has 0 amide bonds. The van der Waals surface area contributed by atoms with Crippen molar-refractivity contribution in [3.8, 4) is 0 Å². The number of pyridine rings is 1. The molecular formula is C7H5BrN4. The van der Waals surface area contributed by atoms with Crippen LogP contribution < -0.4 is 5.73 Å². The molecule has 4 nitrogen and oxygen atoms in total. The highest BCUT2D eigenvalue weighted by atomic mass is 79.9. The smallest absolute Gasteiger partial charge is 0.220 e. The van der Waals surface area contributed by atoms with Crippen molar-refractivity contribution in [2.75, 3.05) is 5.73 Å². The van der Waals surface area contributed by atoms with Crippen molar-refractivity contribution in [3.63, 3.8) is 0 Å². The summed E-state index contributed by atoms with van der Waals surface area (Å²) in [5.74, 6) is 0.273. The van der Waals surface area contributed by atoms with Crippen molar-refractivity contribution in [1.82, 2.24) is 15.0 Å². The molecule has 2 aromatic heterocycles. The lowest BCUT2D eigenvalue weighted by Gasteiger charge is -1.98. The van der Waals surface area contributed by atoms with Gasteiger partial charge < -0.3 is 5.73 Å². The lowest BCUT2D eigenvalue weighted by molar-refractivity contribution is 1.21. The molecule has 2 rings (SSSR count). The molecule has 0 aliphatic carbocycles. The topological polar surface area (TPSA) is 64.7 Å². The van der Waals surface area contributed by atoms with Crippen molar-refractivity contribution in [2.45, 2.75) is 0 Å². The Morgan fingerprint density at radius 2 is 2.08 bits per heavy atom. The Kier molecular flexibility index (Phi) is 1.65. The fraction of sp³-hybridized carbons (Fsp3) is 0. The van der Waals surface area contributed by atoms with Crippen LogP contribution in [-0.2, 0) is 0 Å². The van der Waals surface area contributed by atoms with Crippen LogP contribution >= 0.6 is 15.9 Å². The highest BCUT2D eigenvalue weighted by Gasteiger charge is 2.00. The number of fused-ring (bicyclic) bond motifs is 1. The summed E-state index contributed by atoms with van der Waals surface area (Å²) < 4.78 is 0.828. The van der Waals surface area contributed by atoms with Crippen LogP contribution in [0.2, 0.25) is 0 Å². The lowest BCUT2D eigenvalue weighted by Crippen LogP contribution is -1.94. The van der Waals surface area contributed by atoms with Crippen LogP contribution in [0, 0.1) is 0 Å². The number of hydrogen-bond acceptors (Lipinski definition) is 4. The fourth-order valence-corrected chi connectivity index (χ4v) is 1.37. The second-order valence-electron chi connectivity index (χ2n) is 2.29. The maximum atomic E-state index is 5.43. The van der Waals surface area contributed by atoms with Crippen LogP contribution in [0.5, 0.6) is 0 Å². The summed E-state index contributed by atoms with van der Waals surface area (Å²) in [7, 11) is 0. The van der Waals surface area contributed by atoms with E-state index < -0.39 is 0 Å². The number of nitrogens with two attached hydrogens (primary N) is 1. The maximum absolute atomic E-state index is 5.43. The molecule has 0 aromatic carbocycles. The summed E-state index contributed by atoms with van der Waals surface area (Å²) in [5, 5.41) is 0.874. The monoisotopic (exact) mass is 224 g/mol. The van der Waals surface area contributed by atoms with E-state index in [0.717, 1.165) is 15.4 Å². The van der Waals surface area contributed by atoms with Gasteiger partial charge in [0.05, 0.1) is 9.99 Å². The number of rotatable bonds is 0. The second kappa shape index (κ2) is 2.67. The van der Waals surface area contributed by atoms with E-state index in [0.29, 0.717) is 0 Å². The van der Waals surface area contributed by atoms with Gasteiger partial charge in [-0.1, -0.05) is 0 Å². The molecule has 0 spiro atoms. The van der Waals surface area contributed by atoms with Gasteiger partial charge in [-0.15, -0.1) is 0 Å². The van der Waals surface area contributed by atoms with Crippen LogP contribution in [0.15, 0.2) is 23.1 Å². The maximum Gasteiger partial charge on any atom is 0.220 e. The highest BCUT2D eigenvalue weighted by Crippen LogP contribution is 2.19. The molecule has 2 heterocycles. The third-order valence-electron chi connectivity index (χ3n) is 1.46. The van der Waals surface area contributed by atoms with Crippen LogP contribution in [0.25, 0.3) is 10.9 Å². The molecule has 5 heteroatoms. The summed E-state index contributed by atoms with van der Waals surface area (Å²) in [6.07, 6.45) is 5.02. The first-order valence-electron chi connectivity index (χ1n) is 3.29. The van der Waals surface area contributed by atoms with Gasteiger partial charge in [0, 0.05) is 24.0 Å². The van der Waals surface area contributed by atoms with Crippen LogP contribution in [0.4, 0.5) is 5.95 Å². The van der Waals surface area contributed by atoms with Crippen molar-refractivity contribution < 1.29 is 0 Å². The number of hydrogen-bond donors (Lipinski definition) is 1. The van der Waals surface area contributed by atoms with E-state index in [4.69, 9.17) is 5.73 Å². The molecule has 0 radical (unpaired) electrons. The molecule has 0 aliphatic heterocycles. The number of aromatic nitrogens is 3. The van der Waals surface area contributed by atoms with Crippen LogP contribution in [0.3, 0.4) is 0 Å². The third-order valence-corrected chi connectivity index (χ3v) is 2.04. The first-order valence-corrected chi connectivity index (χ1v) is 4.08. The Morgan fingerprint density at radius 1 is 1.25 bits per heavy atom. The number of nitrogen functional groups attached to an aromatic ring is 1.